The van der Waals surface area contributed by atoms with E-state index in [1.54, 1.807) is 0 Å². The number of carbonyl (C=O) groups is 1. The van der Waals surface area contributed by atoms with Gasteiger partial charge in [-0.1, -0.05) is 180 Å². The smallest absolute Gasteiger partial charge is 0.220 e. The van der Waals surface area contributed by atoms with Gasteiger partial charge < -0.3 is 15.5 Å². The summed E-state index contributed by atoms with van der Waals surface area (Å²) in [5, 5.41) is 23.0. The van der Waals surface area contributed by atoms with Crippen LogP contribution in [-0.2, 0) is 4.79 Å². The fourth-order valence-electron chi connectivity index (χ4n) is 6.00. The summed E-state index contributed by atoms with van der Waals surface area (Å²) in [7, 11) is 0. The van der Waals surface area contributed by atoms with Gasteiger partial charge in [0, 0.05) is 6.42 Å². The number of unbranched alkanes of at least 4 members (excludes halogenated alkanes) is 26. The third kappa shape index (κ3) is 32.3. The first-order valence-corrected chi connectivity index (χ1v) is 19.4. The van der Waals surface area contributed by atoms with E-state index >= 15 is 0 Å². The Labute approximate surface area is 269 Å². The molecule has 0 saturated carbocycles. The molecule has 0 heterocycles. The van der Waals surface area contributed by atoms with Crippen LogP contribution in [0.15, 0.2) is 12.2 Å². The summed E-state index contributed by atoms with van der Waals surface area (Å²) in [6.07, 6.45) is 42.8. The first-order chi connectivity index (χ1) is 21.2. The summed E-state index contributed by atoms with van der Waals surface area (Å²) in [6.45, 7) is 4.34. The lowest BCUT2D eigenvalue weighted by Gasteiger charge is -2.22. The van der Waals surface area contributed by atoms with Crippen LogP contribution in [0.1, 0.15) is 213 Å². The first kappa shape index (κ1) is 42.1. The van der Waals surface area contributed by atoms with Gasteiger partial charge in [0.15, 0.2) is 0 Å². The van der Waals surface area contributed by atoms with Gasteiger partial charge >= 0.3 is 0 Å². The van der Waals surface area contributed by atoms with Crippen molar-refractivity contribution in [3.8, 4) is 0 Å². The molecule has 1 amide bonds. The lowest BCUT2D eigenvalue weighted by molar-refractivity contribution is -0.123. The van der Waals surface area contributed by atoms with Crippen LogP contribution < -0.4 is 5.32 Å². The number of amides is 1. The predicted molar refractivity (Wildman–Crippen MR) is 189 cm³/mol. The van der Waals surface area contributed by atoms with E-state index in [0.717, 1.165) is 25.7 Å². The molecule has 0 aliphatic carbocycles. The van der Waals surface area contributed by atoms with Crippen LogP contribution in [0.5, 0.6) is 0 Å². The van der Waals surface area contributed by atoms with Gasteiger partial charge in [-0.3, -0.25) is 4.79 Å². The molecule has 4 heteroatoms. The molecule has 2 atom stereocenters. The Kier molecular flexibility index (Phi) is 34.9. The molecule has 0 fully saturated rings. The van der Waals surface area contributed by atoms with E-state index in [4.69, 9.17) is 0 Å². The van der Waals surface area contributed by atoms with Crippen molar-refractivity contribution in [3.05, 3.63) is 12.2 Å². The molecule has 0 radical (unpaired) electrons. The quantitative estimate of drug-likeness (QED) is 0.0496. The minimum absolute atomic E-state index is 0.0369. The maximum absolute atomic E-state index is 12.3. The summed E-state index contributed by atoms with van der Waals surface area (Å²) in [5.41, 5.74) is 0. The molecule has 0 aromatic heterocycles. The predicted octanol–water partition coefficient (Wildman–Crippen LogP) is 11.5. The minimum atomic E-state index is -0.655. The minimum Gasteiger partial charge on any atom is -0.394 e. The number of rotatable bonds is 35. The lowest BCUT2D eigenvalue weighted by Crippen LogP contribution is -2.45. The van der Waals surface area contributed by atoms with Crippen molar-refractivity contribution < 1.29 is 15.0 Å². The lowest BCUT2D eigenvalue weighted by atomic mass is 10.0. The van der Waals surface area contributed by atoms with E-state index < -0.39 is 12.1 Å². The summed E-state index contributed by atoms with van der Waals surface area (Å²) >= 11 is 0. The van der Waals surface area contributed by atoms with Crippen LogP contribution in [0.2, 0.25) is 0 Å². The highest BCUT2D eigenvalue weighted by Gasteiger charge is 2.19. The van der Waals surface area contributed by atoms with Crippen molar-refractivity contribution in [1.82, 2.24) is 5.32 Å². The second-order valence-corrected chi connectivity index (χ2v) is 13.4. The molecule has 0 spiro atoms. The van der Waals surface area contributed by atoms with Crippen molar-refractivity contribution in [2.24, 2.45) is 0 Å². The zero-order valence-electron chi connectivity index (χ0n) is 29.2. The number of allylic oxidation sites excluding steroid dienone is 2. The average Bonchev–Trinajstić information content (AvgIpc) is 3.01. The monoisotopic (exact) mass is 608 g/mol. The third-order valence-electron chi connectivity index (χ3n) is 9.03. The van der Waals surface area contributed by atoms with E-state index in [1.807, 2.05) is 0 Å². The maximum atomic E-state index is 12.3. The van der Waals surface area contributed by atoms with Crippen molar-refractivity contribution in [2.75, 3.05) is 6.61 Å². The Morgan fingerprint density at radius 1 is 0.535 bits per heavy atom. The number of aliphatic hydroxyl groups is 2. The van der Waals surface area contributed by atoms with Crippen LogP contribution in [0.3, 0.4) is 0 Å². The van der Waals surface area contributed by atoms with Crippen molar-refractivity contribution in [2.45, 2.75) is 225 Å². The number of nitrogens with one attached hydrogen (secondary N) is 1. The van der Waals surface area contributed by atoms with Crippen LogP contribution >= 0.6 is 0 Å². The van der Waals surface area contributed by atoms with Gasteiger partial charge in [0.2, 0.25) is 5.91 Å². The largest absolute Gasteiger partial charge is 0.394 e. The fourth-order valence-corrected chi connectivity index (χ4v) is 6.00. The Hall–Kier alpha value is -0.870. The van der Waals surface area contributed by atoms with Crippen molar-refractivity contribution >= 4 is 5.91 Å². The Morgan fingerprint density at radius 3 is 1.28 bits per heavy atom. The third-order valence-corrected chi connectivity index (χ3v) is 9.03. The number of aliphatic hydroxyl groups excluding tert-OH is 2. The maximum Gasteiger partial charge on any atom is 0.220 e. The molecule has 2 unspecified atom stereocenters. The summed E-state index contributed by atoms with van der Waals surface area (Å²) < 4.78 is 0. The van der Waals surface area contributed by atoms with E-state index in [9.17, 15) is 15.0 Å². The van der Waals surface area contributed by atoms with Gasteiger partial charge in [0.1, 0.15) is 0 Å². The summed E-state index contributed by atoms with van der Waals surface area (Å²) in [5.74, 6) is -0.0369. The van der Waals surface area contributed by atoms with Gasteiger partial charge in [-0.2, -0.15) is 0 Å². The van der Waals surface area contributed by atoms with Gasteiger partial charge in [-0.25, -0.2) is 0 Å². The molecule has 0 saturated heterocycles. The molecule has 4 nitrogen and oxygen atoms in total. The van der Waals surface area contributed by atoms with Gasteiger partial charge in [-0.15, -0.1) is 0 Å². The molecular weight excluding hydrogens is 530 g/mol. The van der Waals surface area contributed by atoms with Crippen LogP contribution in [0, 0.1) is 0 Å². The topological polar surface area (TPSA) is 69.6 Å². The number of carbonyl (C=O) groups excluding carboxylic acids is 1. The van der Waals surface area contributed by atoms with Crippen molar-refractivity contribution in [3.63, 3.8) is 0 Å². The number of hydrogen-bond donors (Lipinski definition) is 3. The molecule has 0 aliphatic rings. The second-order valence-electron chi connectivity index (χ2n) is 13.4. The van der Waals surface area contributed by atoms with E-state index in [1.165, 1.54) is 161 Å². The molecule has 0 aromatic rings. The van der Waals surface area contributed by atoms with Gasteiger partial charge in [-0.05, 0) is 38.5 Å². The molecule has 256 valence electrons. The number of hydrogen-bond acceptors (Lipinski definition) is 3. The van der Waals surface area contributed by atoms with Gasteiger partial charge in [0.05, 0.1) is 18.8 Å². The van der Waals surface area contributed by atoms with Gasteiger partial charge in [0.25, 0.3) is 0 Å². The molecule has 3 N–H and O–H groups in total. The SMILES string of the molecule is CCCCCCCCCCCCC/C=C\CCCCCCCCCC(=O)NC(CO)C(O)CCCCCCCCCCC. The summed E-state index contributed by atoms with van der Waals surface area (Å²) in [6, 6.07) is -0.532. The van der Waals surface area contributed by atoms with E-state index in [2.05, 4.69) is 31.3 Å². The molecule has 0 bridgehead atoms. The molecule has 43 heavy (non-hydrogen) atoms. The second kappa shape index (κ2) is 35.6. The first-order valence-electron chi connectivity index (χ1n) is 19.4. The Bertz CT molecular complexity index is 579. The van der Waals surface area contributed by atoms with Crippen LogP contribution in [-0.4, -0.2) is 34.9 Å². The van der Waals surface area contributed by atoms with Crippen molar-refractivity contribution in [1.29, 1.82) is 0 Å². The normalized spacial score (nSPS) is 13.1. The molecule has 0 rings (SSSR count). The van der Waals surface area contributed by atoms with Crippen LogP contribution in [0.25, 0.3) is 0 Å². The fraction of sp³-hybridized carbons (Fsp3) is 0.923. The molecular formula is C39H77NO3. The molecule has 0 aliphatic heterocycles. The highest BCUT2D eigenvalue weighted by atomic mass is 16.3. The Balaban J connectivity index is 3.48. The zero-order valence-corrected chi connectivity index (χ0v) is 29.2. The summed E-state index contributed by atoms with van der Waals surface area (Å²) in [4.78, 5) is 12.3. The average molecular weight is 608 g/mol. The highest BCUT2D eigenvalue weighted by Crippen LogP contribution is 2.15. The van der Waals surface area contributed by atoms with E-state index in [0.29, 0.717) is 12.8 Å². The molecule has 0 aromatic carbocycles. The highest BCUT2D eigenvalue weighted by molar-refractivity contribution is 5.76. The van der Waals surface area contributed by atoms with E-state index in [-0.39, 0.29) is 12.5 Å². The standard InChI is InChI=1S/C39H77NO3/c1-3-5-7-9-11-13-14-15-16-17-18-19-20-21-22-23-24-25-27-29-31-33-35-39(43)40-37(36-41)38(42)34-32-30-28-26-12-10-8-6-4-2/h20-21,37-38,41-42H,3-19,22-36H2,1-2H3,(H,40,43)/b21-20-. The Morgan fingerprint density at radius 2 is 0.884 bits per heavy atom. The van der Waals surface area contributed by atoms with Crippen LogP contribution in [0.4, 0.5) is 0 Å². The zero-order chi connectivity index (χ0) is 31.5.